The Bertz CT molecular complexity index is 1790. The zero-order chi connectivity index (χ0) is 42.5. The van der Waals surface area contributed by atoms with Crippen LogP contribution in [-0.4, -0.2) is 42.4 Å². The van der Waals surface area contributed by atoms with E-state index in [9.17, 15) is 22.8 Å². The standard InChI is InChI=1S/2C12H9O2.3C6H4F.2C5H5.2Fe.Sb/c2*13-12(14)11-7-5-10(6-8-11)9-3-1-2-4-9;3*7-6-4-2-1-3-5-6;2*1-2-4-5-3-1;;;/h2*1-8H,(H,13,14);3*2-5H;2*1-5H;;;/q;;;;;;;2*+2;. The molecule has 4 aliphatic rings. The van der Waals surface area contributed by atoms with Crippen molar-refractivity contribution in [2.75, 3.05) is 0 Å². The van der Waals surface area contributed by atoms with E-state index in [1.807, 2.05) is 140 Å². The van der Waals surface area contributed by atoms with E-state index in [0.29, 0.717) is 11.1 Å². The van der Waals surface area contributed by atoms with Crippen molar-refractivity contribution in [3.05, 3.63) is 288 Å². The number of hydrogen-bond acceptors (Lipinski definition) is 2. The Hall–Kier alpha value is -3.31. The monoisotopic (exact) mass is 1020 g/mol. The largest absolute Gasteiger partial charge is 2.00 e. The second-order valence-electron chi connectivity index (χ2n) is 12.8. The first-order valence-corrected chi connectivity index (χ1v) is 22.5. The van der Waals surface area contributed by atoms with Crippen molar-refractivity contribution in [1.29, 1.82) is 0 Å². The van der Waals surface area contributed by atoms with Gasteiger partial charge in [0.25, 0.3) is 0 Å². The van der Waals surface area contributed by atoms with Gasteiger partial charge < -0.3 is 10.2 Å². The number of hydrogen-bond donors (Lipinski definition) is 2. The van der Waals surface area contributed by atoms with Gasteiger partial charge in [-0.1, -0.05) is 24.3 Å². The van der Waals surface area contributed by atoms with Crippen LogP contribution in [0.2, 0.25) is 0 Å². The zero-order valence-electron chi connectivity index (χ0n) is 32.9. The first-order chi connectivity index (χ1) is 29.2. The average molecular weight is 1020 g/mol. The van der Waals surface area contributed by atoms with Crippen LogP contribution >= 0.6 is 0 Å². The molecule has 4 fully saturated rings. The minimum absolute atomic E-state index is 0. The molecule has 0 heterocycles. The number of carboxylic acid groups (broad SMARTS) is 2. The van der Waals surface area contributed by atoms with Crippen molar-refractivity contribution < 1.29 is 67.1 Å². The Morgan fingerprint density at radius 2 is 0.565 bits per heavy atom. The summed E-state index contributed by atoms with van der Waals surface area (Å²) in [6.07, 6.45) is 35.8. The number of rotatable bonds is 7. The number of aromatic carboxylic acids is 2. The van der Waals surface area contributed by atoms with Crippen molar-refractivity contribution >= 4 is 42.7 Å². The van der Waals surface area contributed by atoms with Gasteiger partial charge >= 0.3 is 180 Å². The van der Waals surface area contributed by atoms with Crippen molar-refractivity contribution in [2.45, 2.75) is 0 Å². The molecule has 5 aromatic carbocycles. The van der Waals surface area contributed by atoms with Crippen molar-refractivity contribution in [3.63, 3.8) is 0 Å². The number of halogens is 3. The Morgan fingerprint density at radius 1 is 0.339 bits per heavy atom. The predicted octanol–water partition coefficient (Wildman–Crippen LogP) is 8.93. The Labute approximate surface area is 395 Å². The van der Waals surface area contributed by atoms with Crippen LogP contribution in [0.4, 0.5) is 13.2 Å². The molecule has 9 rings (SSSR count). The maximum atomic E-state index is 13.2. The Kier molecular flexibility index (Phi) is 25.0. The van der Waals surface area contributed by atoms with E-state index in [1.54, 1.807) is 60.7 Å². The molecule has 0 spiro atoms. The fourth-order valence-electron chi connectivity index (χ4n) is 5.60. The fraction of sp³-hybridized carbons (Fsp3) is 0. The third kappa shape index (κ3) is 18.0. The topological polar surface area (TPSA) is 74.6 Å². The molecule has 0 amide bonds. The van der Waals surface area contributed by atoms with Crippen LogP contribution < -0.4 is 10.5 Å². The summed E-state index contributed by atoms with van der Waals surface area (Å²) < 4.78 is 42.7. The Balaban J connectivity index is 0.000000224. The van der Waals surface area contributed by atoms with E-state index in [2.05, 4.69) is 0 Å². The summed E-state index contributed by atoms with van der Waals surface area (Å²) in [5.74, 6) is -0.422. The molecule has 0 saturated heterocycles. The molecule has 310 valence electrons. The second-order valence-corrected chi connectivity index (χ2v) is 19.1. The molecular weight excluding hydrogens is 979 g/mol. The summed E-state index contributed by atoms with van der Waals surface area (Å²) in [7, 11) is 0. The van der Waals surface area contributed by atoms with Crippen LogP contribution in [0.15, 0.2) is 121 Å². The van der Waals surface area contributed by atoms with E-state index in [0.717, 1.165) is 33.5 Å². The summed E-state index contributed by atoms with van der Waals surface area (Å²) in [5.41, 5.74) is 2.72. The van der Waals surface area contributed by atoms with Gasteiger partial charge in [-0.3, -0.25) is 0 Å². The molecule has 0 aliphatic heterocycles. The molecule has 62 heavy (non-hydrogen) atoms. The minimum Gasteiger partial charge on any atom is -0.478 e. The van der Waals surface area contributed by atoms with Crippen molar-refractivity contribution in [1.82, 2.24) is 0 Å². The van der Waals surface area contributed by atoms with Crippen LogP contribution in [-0.2, 0) is 34.1 Å². The van der Waals surface area contributed by atoms with E-state index >= 15 is 0 Å². The molecule has 0 atom stereocenters. The third-order valence-electron chi connectivity index (χ3n) is 8.62. The summed E-state index contributed by atoms with van der Waals surface area (Å²) in [5, 5.41) is 17.4. The summed E-state index contributed by atoms with van der Waals surface area (Å²) >= 11 is -2.40. The summed E-state index contributed by atoms with van der Waals surface area (Å²) in [6.45, 7) is 0. The van der Waals surface area contributed by atoms with Gasteiger partial charge in [0.1, 0.15) is 0 Å². The van der Waals surface area contributed by atoms with Gasteiger partial charge in [-0.2, -0.15) is 0 Å². The molecule has 4 nitrogen and oxygen atoms in total. The number of carbonyl (C=O) groups is 2. The summed E-state index contributed by atoms with van der Waals surface area (Å²) in [4.78, 5) is 21.2. The van der Waals surface area contributed by atoms with E-state index in [4.69, 9.17) is 10.2 Å². The molecular formula is C52H40F3Fe2O4Sb+4. The normalized spacial score (nSPS) is 15.5. The van der Waals surface area contributed by atoms with Crippen molar-refractivity contribution in [2.24, 2.45) is 0 Å². The molecule has 10 heteroatoms. The van der Waals surface area contributed by atoms with Crippen LogP contribution in [0, 0.1) is 145 Å². The SMILES string of the molecule is Fc1cc[c]([Sb]([c]2ccc(F)cc2)[c]2ccc(F)cc2)cc1.O=C(O)c1ccc([C]2[CH][CH][CH][CH]2)cc1.O=C(O)c1ccc([C]2[CH][CH][CH][CH]2)cc1.[CH]1[CH][CH][CH][CH]1.[CH]1[CH][CH][CH][CH]1.[Fe+2].[Fe+2]. The average Bonchev–Trinajstić information content (AvgIpc) is 4.14. The molecule has 20 radical (unpaired) electrons. The number of carboxylic acids is 2. The van der Waals surface area contributed by atoms with Crippen molar-refractivity contribution in [3.8, 4) is 0 Å². The van der Waals surface area contributed by atoms with Crippen LogP contribution in [0.25, 0.3) is 0 Å². The number of benzene rings is 5. The quantitative estimate of drug-likeness (QED) is 0.160. The van der Waals surface area contributed by atoms with Gasteiger partial charge in [0.15, 0.2) is 0 Å². The molecule has 5 aromatic rings. The van der Waals surface area contributed by atoms with E-state index in [1.165, 1.54) is 36.4 Å². The molecule has 0 bridgehead atoms. The predicted molar refractivity (Wildman–Crippen MR) is 233 cm³/mol. The van der Waals surface area contributed by atoms with Crippen LogP contribution in [0.3, 0.4) is 0 Å². The smallest absolute Gasteiger partial charge is 0.478 e. The van der Waals surface area contributed by atoms with Gasteiger partial charge in [0, 0.05) is 11.8 Å². The van der Waals surface area contributed by atoms with Crippen LogP contribution in [0.1, 0.15) is 31.8 Å². The van der Waals surface area contributed by atoms with E-state index < -0.39 is 32.1 Å². The van der Waals surface area contributed by atoms with Gasteiger partial charge in [-0.25, -0.2) is 9.59 Å². The molecule has 4 saturated carbocycles. The minimum atomic E-state index is -2.40. The zero-order valence-corrected chi connectivity index (χ0v) is 37.7. The van der Waals surface area contributed by atoms with Gasteiger partial charge in [-0.15, -0.1) is 0 Å². The first kappa shape index (κ1) is 53.0. The van der Waals surface area contributed by atoms with Crippen LogP contribution in [0.5, 0.6) is 0 Å². The molecule has 4 aliphatic carbocycles. The first-order valence-electron chi connectivity index (χ1n) is 18.7. The van der Waals surface area contributed by atoms with Gasteiger partial charge in [0.2, 0.25) is 0 Å². The van der Waals surface area contributed by atoms with E-state index in [-0.39, 0.29) is 51.6 Å². The Morgan fingerprint density at radius 3 is 0.774 bits per heavy atom. The molecule has 2 N–H and O–H groups in total. The molecule has 0 aromatic heterocycles. The maximum absolute atomic E-state index is 13.2. The second kappa shape index (κ2) is 29.2. The fourth-order valence-corrected chi connectivity index (χ4v) is 12.0. The third-order valence-corrected chi connectivity index (χ3v) is 15.6. The van der Waals surface area contributed by atoms with Gasteiger partial charge in [0.05, 0.1) is 11.1 Å². The molecule has 0 unspecified atom stereocenters. The summed E-state index contributed by atoms with van der Waals surface area (Å²) in [6, 6.07) is 32.9. The maximum Gasteiger partial charge on any atom is 2.00 e. The van der Waals surface area contributed by atoms with Gasteiger partial charge in [-0.05, 0) is 151 Å².